The standard InChI is InChI=1S/C18H20F2N4O2S/c19-18(20)5-11-14-16(27-15(11)10-6-21-22-7-10)17(25)23-12(8-24(14)9-18)13-3-1-2-4-26-13/h6-7,12-13H,1-5,8-9H2,(H,21,22)(H,23,25)/t12-,13?/m0/s1. The number of alkyl halides is 2. The van der Waals surface area contributed by atoms with E-state index in [1.165, 1.54) is 11.3 Å². The van der Waals surface area contributed by atoms with Gasteiger partial charge in [-0.2, -0.15) is 5.10 Å². The molecule has 0 aromatic carbocycles. The Bertz CT molecular complexity index is 861. The van der Waals surface area contributed by atoms with Crippen molar-refractivity contribution in [1.82, 2.24) is 15.5 Å². The molecule has 1 amide bonds. The van der Waals surface area contributed by atoms with Gasteiger partial charge < -0.3 is 15.0 Å². The molecule has 3 aliphatic rings. The van der Waals surface area contributed by atoms with E-state index in [0.29, 0.717) is 34.2 Å². The van der Waals surface area contributed by atoms with Gasteiger partial charge in [0.2, 0.25) is 0 Å². The molecule has 1 saturated heterocycles. The number of aromatic nitrogens is 2. The molecule has 27 heavy (non-hydrogen) atoms. The number of rotatable bonds is 2. The number of thiophene rings is 1. The monoisotopic (exact) mass is 394 g/mol. The number of hydrogen-bond donors (Lipinski definition) is 2. The number of hydrogen-bond acceptors (Lipinski definition) is 5. The van der Waals surface area contributed by atoms with Crippen molar-refractivity contribution in [2.24, 2.45) is 0 Å². The summed E-state index contributed by atoms with van der Waals surface area (Å²) in [6, 6.07) is -0.281. The quantitative estimate of drug-likeness (QED) is 0.822. The molecule has 2 aromatic heterocycles. The number of H-pyrrole nitrogens is 1. The molecular weight excluding hydrogens is 374 g/mol. The number of nitrogens with zero attached hydrogens (tertiary/aromatic N) is 2. The Labute approximate surface area is 158 Å². The average Bonchev–Trinajstić information content (AvgIpc) is 3.25. The first-order chi connectivity index (χ1) is 13.0. The number of amides is 1. The van der Waals surface area contributed by atoms with Gasteiger partial charge in [0.15, 0.2) is 0 Å². The summed E-state index contributed by atoms with van der Waals surface area (Å²) in [5.74, 6) is -3.03. The Kier molecular flexibility index (Phi) is 3.98. The third-order valence-corrected chi connectivity index (χ3v) is 6.79. The molecule has 5 heterocycles. The van der Waals surface area contributed by atoms with E-state index in [2.05, 4.69) is 15.5 Å². The van der Waals surface area contributed by atoms with Gasteiger partial charge in [0.05, 0.1) is 30.6 Å². The summed E-state index contributed by atoms with van der Waals surface area (Å²) >= 11 is 1.27. The topological polar surface area (TPSA) is 70.2 Å². The van der Waals surface area contributed by atoms with Crippen molar-refractivity contribution in [3.05, 3.63) is 22.8 Å². The lowest BCUT2D eigenvalue weighted by atomic mass is 9.96. The van der Waals surface area contributed by atoms with Gasteiger partial charge >= 0.3 is 0 Å². The van der Waals surface area contributed by atoms with E-state index in [4.69, 9.17) is 4.74 Å². The number of aromatic amines is 1. The fourth-order valence-corrected chi connectivity index (χ4v) is 5.58. The van der Waals surface area contributed by atoms with Gasteiger partial charge in [0, 0.05) is 41.8 Å². The van der Waals surface area contributed by atoms with Crippen molar-refractivity contribution in [3.63, 3.8) is 0 Å². The average molecular weight is 394 g/mol. The molecule has 0 saturated carbocycles. The molecule has 6 nitrogen and oxygen atoms in total. The van der Waals surface area contributed by atoms with Gasteiger partial charge in [-0.15, -0.1) is 11.3 Å². The van der Waals surface area contributed by atoms with E-state index in [0.717, 1.165) is 24.8 Å². The van der Waals surface area contributed by atoms with Crippen LogP contribution in [0, 0.1) is 0 Å². The minimum absolute atomic E-state index is 0.121. The highest BCUT2D eigenvalue weighted by Crippen LogP contribution is 2.48. The maximum Gasteiger partial charge on any atom is 0.269 e. The summed E-state index contributed by atoms with van der Waals surface area (Å²) < 4.78 is 35.0. The summed E-state index contributed by atoms with van der Waals surface area (Å²) in [5, 5.41) is 9.70. The van der Waals surface area contributed by atoms with Crippen LogP contribution in [0.25, 0.3) is 10.4 Å². The van der Waals surface area contributed by atoms with Crippen LogP contribution in [0.4, 0.5) is 14.5 Å². The van der Waals surface area contributed by atoms with Crippen LogP contribution in [0.15, 0.2) is 12.4 Å². The predicted molar refractivity (Wildman–Crippen MR) is 97.6 cm³/mol. The normalized spacial score (nSPS) is 27.0. The highest BCUT2D eigenvalue weighted by atomic mass is 32.1. The largest absolute Gasteiger partial charge is 0.376 e. The second kappa shape index (κ2) is 6.27. The molecule has 9 heteroatoms. The fraction of sp³-hybridized carbons (Fsp3) is 0.556. The molecule has 5 rings (SSSR count). The molecule has 1 unspecified atom stereocenters. The zero-order valence-electron chi connectivity index (χ0n) is 14.6. The summed E-state index contributed by atoms with van der Waals surface area (Å²) in [7, 11) is 0. The lowest BCUT2D eigenvalue weighted by Crippen LogP contribution is -2.53. The van der Waals surface area contributed by atoms with Crippen LogP contribution in [0.5, 0.6) is 0 Å². The minimum atomic E-state index is -2.84. The molecule has 0 spiro atoms. The number of nitrogens with one attached hydrogen (secondary N) is 2. The van der Waals surface area contributed by atoms with Crippen molar-refractivity contribution < 1.29 is 18.3 Å². The van der Waals surface area contributed by atoms with E-state index in [9.17, 15) is 13.6 Å². The summed E-state index contributed by atoms with van der Waals surface area (Å²) in [5.41, 5.74) is 1.95. The molecule has 0 bridgehead atoms. The Balaban J connectivity index is 1.58. The Morgan fingerprint density at radius 2 is 2.22 bits per heavy atom. The lowest BCUT2D eigenvalue weighted by molar-refractivity contribution is -0.0109. The first-order valence-corrected chi connectivity index (χ1v) is 10.0. The van der Waals surface area contributed by atoms with Crippen molar-refractivity contribution >= 4 is 22.9 Å². The van der Waals surface area contributed by atoms with Gasteiger partial charge in [-0.25, -0.2) is 8.78 Å². The second-order valence-electron chi connectivity index (χ2n) is 7.47. The van der Waals surface area contributed by atoms with Crippen LogP contribution in [0.3, 0.4) is 0 Å². The van der Waals surface area contributed by atoms with Crippen LogP contribution in [0.1, 0.15) is 34.5 Å². The Morgan fingerprint density at radius 3 is 2.96 bits per heavy atom. The van der Waals surface area contributed by atoms with Crippen molar-refractivity contribution in [2.75, 3.05) is 24.6 Å². The molecule has 1 fully saturated rings. The first-order valence-electron chi connectivity index (χ1n) is 9.22. The summed E-state index contributed by atoms with van der Waals surface area (Å²) in [4.78, 5) is 15.8. The number of carbonyl (C=O) groups excluding carboxylic acids is 1. The number of carbonyl (C=O) groups is 1. The van der Waals surface area contributed by atoms with E-state index in [1.807, 2.05) is 0 Å². The highest BCUT2D eigenvalue weighted by molar-refractivity contribution is 7.18. The van der Waals surface area contributed by atoms with E-state index in [-0.39, 0.29) is 31.0 Å². The smallest absolute Gasteiger partial charge is 0.269 e. The van der Waals surface area contributed by atoms with Gasteiger partial charge in [-0.1, -0.05) is 0 Å². The van der Waals surface area contributed by atoms with Gasteiger partial charge in [-0.05, 0) is 19.3 Å². The molecule has 3 aliphatic heterocycles. The molecule has 144 valence electrons. The minimum Gasteiger partial charge on any atom is -0.376 e. The third kappa shape index (κ3) is 2.93. The third-order valence-electron chi connectivity index (χ3n) is 5.52. The number of halogens is 2. The SMILES string of the molecule is O=C1N[C@H](C2CCCCO2)CN2CC(F)(F)Cc3c(-c4cn[nH]c4)sc1c32. The predicted octanol–water partition coefficient (Wildman–Crippen LogP) is 2.82. The summed E-state index contributed by atoms with van der Waals surface area (Å²) in [6.45, 7) is 0.630. The zero-order valence-corrected chi connectivity index (χ0v) is 15.5. The molecule has 2 aromatic rings. The van der Waals surface area contributed by atoms with E-state index in [1.54, 1.807) is 17.3 Å². The molecule has 2 atom stereocenters. The number of anilines is 1. The second-order valence-corrected chi connectivity index (χ2v) is 8.49. The molecular formula is C18H20F2N4O2S. The fourth-order valence-electron chi connectivity index (χ4n) is 4.36. The van der Waals surface area contributed by atoms with Crippen molar-refractivity contribution in [3.8, 4) is 10.4 Å². The van der Waals surface area contributed by atoms with Gasteiger partial charge in [0.1, 0.15) is 4.88 Å². The molecule has 0 radical (unpaired) electrons. The van der Waals surface area contributed by atoms with Crippen molar-refractivity contribution in [1.29, 1.82) is 0 Å². The summed E-state index contributed by atoms with van der Waals surface area (Å²) in [6.07, 6.45) is 5.69. The van der Waals surface area contributed by atoms with Gasteiger partial charge in [0.25, 0.3) is 11.8 Å². The maximum absolute atomic E-state index is 14.6. The van der Waals surface area contributed by atoms with Crippen LogP contribution >= 0.6 is 11.3 Å². The van der Waals surface area contributed by atoms with Crippen LogP contribution in [-0.2, 0) is 11.2 Å². The zero-order chi connectivity index (χ0) is 18.6. The molecule has 0 aliphatic carbocycles. The van der Waals surface area contributed by atoms with E-state index < -0.39 is 5.92 Å². The van der Waals surface area contributed by atoms with E-state index >= 15 is 0 Å². The first kappa shape index (κ1) is 17.1. The van der Waals surface area contributed by atoms with Gasteiger partial charge in [-0.3, -0.25) is 9.89 Å². The van der Waals surface area contributed by atoms with Crippen molar-refractivity contribution in [2.45, 2.75) is 43.8 Å². The number of ether oxygens (including phenoxy) is 1. The van der Waals surface area contributed by atoms with Crippen LogP contribution in [-0.4, -0.2) is 53.9 Å². The Morgan fingerprint density at radius 1 is 1.33 bits per heavy atom. The van der Waals surface area contributed by atoms with Crippen LogP contribution < -0.4 is 10.2 Å². The van der Waals surface area contributed by atoms with Crippen LogP contribution in [0.2, 0.25) is 0 Å². The highest BCUT2D eigenvalue weighted by Gasteiger charge is 2.46. The molecule has 2 N–H and O–H groups in total. The maximum atomic E-state index is 14.6. The lowest BCUT2D eigenvalue weighted by Gasteiger charge is -2.38. The Hall–Kier alpha value is -2.00.